The van der Waals surface area contributed by atoms with Gasteiger partial charge in [-0.3, -0.25) is 4.79 Å². The van der Waals surface area contributed by atoms with E-state index in [-0.39, 0.29) is 10.7 Å². The molecular formula is C12H16BClN2O3. The first kappa shape index (κ1) is 14.3. The highest BCUT2D eigenvalue weighted by molar-refractivity contribution is 6.64. The SMILES string of the molecule is CC1(C)OB(c2cc(Cl)ncc2C(N)=O)OC1(C)C. The van der Waals surface area contributed by atoms with Crippen LogP contribution in [0.2, 0.25) is 5.15 Å². The second kappa shape index (κ2) is 4.47. The summed E-state index contributed by atoms with van der Waals surface area (Å²) in [6.07, 6.45) is 1.34. The maximum Gasteiger partial charge on any atom is 0.495 e. The molecule has 1 aliphatic rings. The second-order valence-electron chi connectivity index (χ2n) is 5.55. The molecule has 1 fully saturated rings. The van der Waals surface area contributed by atoms with Crippen molar-refractivity contribution in [3.8, 4) is 0 Å². The van der Waals surface area contributed by atoms with Crippen molar-refractivity contribution in [3.63, 3.8) is 0 Å². The van der Waals surface area contributed by atoms with Gasteiger partial charge in [0.1, 0.15) is 5.15 Å². The molecule has 0 atom stereocenters. The van der Waals surface area contributed by atoms with Crippen LogP contribution in [0, 0.1) is 0 Å². The number of hydrogen-bond acceptors (Lipinski definition) is 4. The topological polar surface area (TPSA) is 74.4 Å². The van der Waals surface area contributed by atoms with Gasteiger partial charge in [-0.2, -0.15) is 0 Å². The fraction of sp³-hybridized carbons (Fsp3) is 0.500. The summed E-state index contributed by atoms with van der Waals surface area (Å²) < 4.78 is 11.8. The Morgan fingerprint density at radius 2 is 1.84 bits per heavy atom. The molecule has 5 nitrogen and oxygen atoms in total. The van der Waals surface area contributed by atoms with Gasteiger partial charge in [0.05, 0.1) is 16.8 Å². The number of carbonyl (C=O) groups is 1. The first-order chi connectivity index (χ1) is 8.64. The van der Waals surface area contributed by atoms with E-state index >= 15 is 0 Å². The molecular weight excluding hydrogens is 266 g/mol. The van der Waals surface area contributed by atoms with E-state index in [1.165, 1.54) is 6.20 Å². The predicted octanol–water partition coefficient (Wildman–Crippen LogP) is 1.13. The van der Waals surface area contributed by atoms with Crippen molar-refractivity contribution in [3.05, 3.63) is 23.0 Å². The Balaban J connectivity index is 2.44. The van der Waals surface area contributed by atoms with Crippen LogP contribution in [0.1, 0.15) is 38.1 Å². The van der Waals surface area contributed by atoms with E-state index < -0.39 is 24.2 Å². The molecule has 2 N–H and O–H groups in total. The molecule has 102 valence electrons. The van der Waals surface area contributed by atoms with E-state index in [1.54, 1.807) is 6.07 Å². The first-order valence-electron chi connectivity index (χ1n) is 5.95. The molecule has 2 rings (SSSR count). The largest absolute Gasteiger partial charge is 0.495 e. The van der Waals surface area contributed by atoms with Crippen molar-refractivity contribution in [1.82, 2.24) is 4.98 Å². The summed E-state index contributed by atoms with van der Waals surface area (Å²) in [6.45, 7) is 7.72. The van der Waals surface area contributed by atoms with E-state index in [9.17, 15) is 4.79 Å². The minimum absolute atomic E-state index is 0.253. The lowest BCUT2D eigenvalue weighted by molar-refractivity contribution is 0.00578. The van der Waals surface area contributed by atoms with Gasteiger partial charge in [-0.1, -0.05) is 11.6 Å². The lowest BCUT2D eigenvalue weighted by atomic mass is 9.76. The second-order valence-corrected chi connectivity index (χ2v) is 5.93. The van der Waals surface area contributed by atoms with Gasteiger partial charge in [-0.25, -0.2) is 4.98 Å². The van der Waals surface area contributed by atoms with Crippen molar-refractivity contribution in [1.29, 1.82) is 0 Å². The van der Waals surface area contributed by atoms with Crippen LogP contribution < -0.4 is 11.2 Å². The summed E-state index contributed by atoms with van der Waals surface area (Å²) in [5.41, 5.74) is 5.10. The van der Waals surface area contributed by atoms with Crippen molar-refractivity contribution in [2.24, 2.45) is 5.73 Å². The third kappa shape index (κ3) is 2.48. The van der Waals surface area contributed by atoms with Gasteiger partial charge < -0.3 is 15.0 Å². The van der Waals surface area contributed by atoms with Crippen molar-refractivity contribution >= 4 is 30.1 Å². The third-order valence-electron chi connectivity index (χ3n) is 3.68. The van der Waals surface area contributed by atoms with E-state index in [1.807, 2.05) is 27.7 Å². The van der Waals surface area contributed by atoms with Crippen LogP contribution in [0.4, 0.5) is 0 Å². The quantitative estimate of drug-likeness (QED) is 0.652. The van der Waals surface area contributed by atoms with Crippen LogP contribution >= 0.6 is 11.6 Å². The highest BCUT2D eigenvalue weighted by Crippen LogP contribution is 2.36. The maximum atomic E-state index is 11.4. The predicted molar refractivity (Wildman–Crippen MR) is 73.5 cm³/mol. The van der Waals surface area contributed by atoms with Gasteiger partial charge in [-0.15, -0.1) is 0 Å². The smallest absolute Gasteiger partial charge is 0.399 e. The number of rotatable bonds is 2. The molecule has 0 aromatic carbocycles. The molecule has 0 unspecified atom stereocenters. The van der Waals surface area contributed by atoms with Gasteiger partial charge in [-0.05, 0) is 39.2 Å². The Kier molecular flexibility index (Phi) is 3.37. The van der Waals surface area contributed by atoms with E-state index in [4.69, 9.17) is 26.6 Å². The van der Waals surface area contributed by atoms with E-state index in [0.29, 0.717) is 5.46 Å². The molecule has 0 aliphatic carbocycles. The average molecular weight is 283 g/mol. The number of amides is 1. The van der Waals surface area contributed by atoms with Gasteiger partial charge in [0, 0.05) is 6.20 Å². The molecule has 1 aliphatic heterocycles. The minimum Gasteiger partial charge on any atom is -0.399 e. The zero-order valence-corrected chi connectivity index (χ0v) is 12.1. The zero-order chi connectivity index (χ0) is 14.4. The Bertz CT molecular complexity index is 518. The number of nitrogens with zero attached hydrogens (tertiary/aromatic N) is 1. The average Bonchev–Trinajstić information content (AvgIpc) is 2.47. The molecule has 0 spiro atoms. The Morgan fingerprint density at radius 3 is 2.32 bits per heavy atom. The van der Waals surface area contributed by atoms with Crippen LogP contribution in [0.5, 0.6) is 0 Å². The summed E-state index contributed by atoms with van der Waals surface area (Å²) in [5, 5.41) is 0.259. The van der Waals surface area contributed by atoms with Crippen molar-refractivity contribution in [2.45, 2.75) is 38.9 Å². The van der Waals surface area contributed by atoms with Gasteiger partial charge in [0.2, 0.25) is 5.91 Å². The lowest BCUT2D eigenvalue weighted by Gasteiger charge is -2.32. The fourth-order valence-electron chi connectivity index (χ4n) is 1.82. The highest BCUT2D eigenvalue weighted by Gasteiger charge is 2.52. The van der Waals surface area contributed by atoms with Crippen molar-refractivity contribution < 1.29 is 14.1 Å². The molecule has 0 bridgehead atoms. The fourth-order valence-corrected chi connectivity index (χ4v) is 1.98. The summed E-state index contributed by atoms with van der Waals surface area (Å²) in [4.78, 5) is 15.3. The third-order valence-corrected chi connectivity index (χ3v) is 3.88. The minimum atomic E-state index is -0.687. The molecule has 1 amide bonds. The Morgan fingerprint density at radius 1 is 1.32 bits per heavy atom. The summed E-state index contributed by atoms with van der Waals surface area (Å²) in [5.74, 6) is -0.589. The van der Waals surface area contributed by atoms with Crippen LogP contribution in [-0.2, 0) is 9.31 Å². The molecule has 19 heavy (non-hydrogen) atoms. The first-order valence-corrected chi connectivity index (χ1v) is 6.33. The van der Waals surface area contributed by atoms with Gasteiger partial charge >= 0.3 is 7.12 Å². The molecule has 1 saturated heterocycles. The number of nitrogens with two attached hydrogens (primary N) is 1. The van der Waals surface area contributed by atoms with Crippen LogP contribution in [0.3, 0.4) is 0 Å². The van der Waals surface area contributed by atoms with E-state index in [0.717, 1.165) is 0 Å². The summed E-state index contributed by atoms with van der Waals surface area (Å²) in [6, 6.07) is 1.55. The number of halogens is 1. The van der Waals surface area contributed by atoms with Gasteiger partial charge in [0.25, 0.3) is 0 Å². The van der Waals surface area contributed by atoms with Crippen LogP contribution in [0.15, 0.2) is 12.3 Å². The zero-order valence-electron chi connectivity index (χ0n) is 11.4. The van der Waals surface area contributed by atoms with E-state index in [2.05, 4.69) is 4.98 Å². The Hall–Kier alpha value is -1.11. The van der Waals surface area contributed by atoms with Gasteiger partial charge in [0.15, 0.2) is 0 Å². The number of aromatic nitrogens is 1. The molecule has 0 radical (unpaired) electrons. The molecule has 2 heterocycles. The monoisotopic (exact) mass is 282 g/mol. The highest BCUT2D eigenvalue weighted by atomic mass is 35.5. The maximum absolute atomic E-state index is 11.4. The molecule has 0 saturated carbocycles. The molecule has 7 heteroatoms. The Labute approximate surface area is 117 Å². The standard InChI is InChI=1S/C12H16BClN2O3/c1-11(2)12(3,4)19-13(18-11)8-5-9(14)16-6-7(8)10(15)17/h5-6H,1-4H3,(H2,15,17). The summed E-state index contributed by atoms with van der Waals surface area (Å²) in [7, 11) is -0.687. The number of pyridine rings is 1. The normalized spacial score (nSPS) is 20.6. The lowest BCUT2D eigenvalue weighted by Crippen LogP contribution is -2.41. The number of carbonyl (C=O) groups excluding carboxylic acids is 1. The number of primary amides is 1. The van der Waals surface area contributed by atoms with Crippen molar-refractivity contribution in [2.75, 3.05) is 0 Å². The molecule has 1 aromatic heterocycles. The number of hydrogen-bond donors (Lipinski definition) is 1. The summed E-state index contributed by atoms with van der Waals surface area (Å²) >= 11 is 5.87. The van der Waals surface area contributed by atoms with Crippen LogP contribution in [0.25, 0.3) is 0 Å². The molecule has 1 aromatic rings. The van der Waals surface area contributed by atoms with Crippen LogP contribution in [-0.4, -0.2) is 29.2 Å².